The standard InChI is InChI=1S/C18H23NO2/c1-3-18-10-16-12(17(20)21)9-14(18)15(19(16)2)8-11-6-4-5-7-13(11)18/h4-7,12,14-16H,3,8-10H2,1-2H3,(H,20,21)/t12?,14?,15?,16?,18-/m1/s1. The van der Waals surface area contributed by atoms with E-state index >= 15 is 0 Å². The normalized spacial score (nSPS) is 40.9. The monoisotopic (exact) mass is 285 g/mol. The minimum absolute atomic E-state index is 0.179. The smallest absolute Gasteiger partial charge is 0.308 e. The van der Waals surface area contributed by atoms with Gasteiger partial charge in [-0.05, 0) is 49.8 Å². The summed E-state index contributed by atoms with van der Waals surface area (Å²) in [4.78, 5) is 14.0. The molecule has 1 saturated carbocycles. The first kappa shape index (κ1) is 13.3. The van der Waals surface area contributed by atoms with Crippen molar-refractivity contribution in [3.8, 4) is 0 Å². The lowest BCUT2D eigenvalue weighted by Gasteiger charge is -2.64. The summed E-state index contributed by atoms with van der Waals surface area (Å²) in [5, 5.41) is 9.57. The number of rotatable bonds is 2. The van der Waals surface area contributed by atoms with E-state index in [0.717, 1.165) is 25.7 Å². The molecule has 0 amide bonds. The predicted octanol–water partition coefficient (Wildman–Crippen LogP) is 2.68. The van der Waals surface area contributed by atoms with Gasteiger partial charge < -0.3 is 5.11 Å². The first-order valence-corrected chi connectivity index (χ1v) is 8.11. The Balaban J connectivity index is 1.86. The molecular formula is C18H23NO2. The van der Waals surface area contributed by atoms with Crippen LogP contribution in [-0.4, -0.2) is 35.1 Å². The molecule has 1 aromatic rings. The van der Waals surface area contributed by atoms with E-state index in [4.69, 9.17) is 0 Å². The van der Waals surface area contributed by atoms with Gasteiger partial charge in [0, 0.05) is 17.5 Å². The molecule has 3 fully saturated rings. The summed E-state index contributed by atoms with van der Waals surface area (Å²) in [5.41, 5.74) is 3.21. The van der Waals surface area contributed by atoms with Crippen molar-refractivity contribution in [3.05, 3.63) is 35.4 Å². The van der Waals surface area contributed by atoms with E-state index in [2.05, 4.69) is 43.1 Å². The van der Waals surface area contributed by atoms with Crippen molar-refractivity contribution in [2.75, 3.05) is 7.05 Å². The molecule has 2 saturated heterocycles. The highest BCUT2D eigenvalue weighted by Gasteiger charge is 2.61. The van der Waals surface area contributed by atoms with Gasteiger partial charge in [0.1, 0.15) is 0 Å². The summed E-state index contributed by atoms with van der Waals surface area (Å²) < 4.78 is 0. The molecule has 3 heteroatoms. The fraction of sp³-hybridized carbons (Fsp3) is 0.611. The van der Waals surface area contributed by atoms with Gasteiger partial charge in [-0.1, -0.05) is 31.2 Å². The van der Waals surface area contributed by atoms with Gasteiger partial charge in [-0.25, -0.2) is 0 Å². The Labute approximate surface area is 126 Å². The molecule has 1 aromatic carbocycles. The van der Waals surface area contributed by atoms with Crippen LogP contribution in [0.5, 0.6) is 0 Å². The summed E-state index contributed by atoms with van der Waals surface area (Å²) >= 11 is 0. The van der Waals surface area contributed by atoms with E-state index in [9.17, 15) is 9.90 Å². The zero-order chi connectivity index (χ0) is 14.8. The van der Waals surface area contributed by atoms with E-state index in [1.165, 1.54) is 11.1 Å². The molecule has 5 atom stereocenters. The maximum absolute atomic E-state index is 11.6. The molecule has 5 rings (SSSR count). The second kappa shape index (κ2) is 4.33. The quantitative estimate of drug-likeness (QED) is 0.908. The van der Waals surface area contributed by atoms with Gasteiger partial charge in [0.15, 0.2) is 0 Å². The van der Waals surface area contributed by atoms with Gasteiger partial charge in [0.05, 0.1) is 5.92 Å². The van der Waals surface area contributed by atoms with Gasteiger partial charge >= 0.3 is 5.97 Å². The molecule has 4 aliphatic rings. The molecule has 4 bridgehead atoms. The molecule has 0 aromatic heterocycles. The Hall–Kier alpha value is -1.35. The van der Waals surface area contributed by atoms with E-state index in [-0.39, 0.29) is 17.4 Å². The van der Waals surface area contributed by atoms with Gasteiger partial charge in [-0.3, -0.25) is 9.69 Å². The summed E-state index contributed by atoms with van der Waals surface area (Å²) in [5.74, 6) is -0.288. The van der Waals surface area contributed by atoms with Crippen LogP contribution in [-0.2, 0) is 16.6 Å². The molecule has 0 spiro atoms. The van der Waals surface area contributed by atoms with E-state index < -0.39 is 5.97 Å². The van der Waals surface area contributed by atoms with E-state index in [1.54, 1.807) is 0 Å². The van der Waals surface area contributed by atoms with Crippen LogP contribution in [0.1, 0.15) is 37.3 Å². The fourth-order valence-electron chi connectivity index (χ4n) is 5.67. The molecule has 4 unspecified atom stereocenters. The number of likely N-dealkylation sites (N-methyl/N-ethyl adjacent to an activating group) is 1. The Morgan fingerprint density at radius 2 is 2.14 bits per heavy atom. The van der Waals surface area contributed by atoms with Crippen molar-refractivity contribution in [2.45, 2.75) is 50.1 Å². The van der Waals surface area contributed by atoms with Crippen molar-refractivity contribution < 1.29 is 9.90 Å². The SMILES string of the molecule is CC[C@]12CC3C(C(=O)O)CC1C(Cc1ccccc12)N3C. The number of piperidine rings is 2. The average molecular weight is 285 g/mol. The first-order chi connectivity index (χ1) is 10.1. The van der Waals surface area contributed by atoms with Gasteiger partial charge in [-0.2, -0.15) is 0 Å². The minimum atomic E-state index is -0.603. The molecular weight excluding hydrogens is 262 g/mol. The van der Waals surface area contributed by atoms with Crippen LogP contribution >= 0.6 is 0 Å². The van der Waals surface area contributed by atoms with Gasteiger partial charge in [0.2, 0.25) is 0 Å². The topological polar surface area (TPSA) is 40.5 Å². The number of nitrogens with zero attached hydrogens (tertiary/aromatic N) is 1. The van der Waals surface area contributed by atoms with Crippen molar-refractivity contribution in [1.82, 2.24) is 4.90 Å². The highest BCUT2D eigenvalue weighted by Crippen LogP contribution is 2.59. The second-order valence-corrected chi connectivity index (χ2v) is 7.16. The number of carbonyl (C=O) groups is 1. The van der Waals surface area contributed by atoms with E-state index in [0.29, 0.717) is 12.0 Å². The molecule has 112 valence electrons. The zero-order valence-electron chi connectivity index (χ0n) is 12.7. The van der Waals surface area contributed by atoms with Crippen LogP contribution in [0.3, 0.4) is 0 Å². The minimum Gasteiger partial charge on any atom is -0.481 e. The Kier molecular flexibility index (Phi) is 2.74. The Morgan fingerprint density at radius 3 is 2.86 bits per heavy atom. The Bertz CT molecular complexity index is 599. The molecule has 2 aliphatic heterocycles. The number of aliphatic carboxylic acids is 1. The fourth-order valence-corrected chi connectivity index (χ4v) is 5.67. The number of carboxylic acids is 1. The lowest BCUT2D eigenvalue weighted by molar-refractivity contribution is -0.159. The lowest BCUT2D eigenvalue weighted by atomic mass is 9.48. The van der Waals surface area contributed by atoms with Crippen molar-refractivity contribution in [2.24, 2.45) is 11.8 Å². The zero-order valence-corrected chi connectivity index (χ0v) is 12.7. The van der Waals surface area contributed by atoms with Crippen molar-refractivity contribution in [3.63, 3.8) is 0 Å². The summed E-state index contributed by atoms with van der Waals surface area (Å²) in [7, 11) is 2.14. The van der Waals surface area contributed by atoms with Crippen LogP contribution in [0.15, 0.2) is 24.3 Å². The van der Waals surface area contributed by atoms with Crippen LogP contribution < -0.4 is 0 Å². The second-order valence-electron chi connectivity index (χ2n) is 7.16. The highest BCUT2D eigenvalue weighted by atomic mass is 16.4. The largest absolute Gasteiger partial charge is 0.481 e. The molecule has 2 aliphatic carbocycles. The lowest BCUT2D eigenvalue weighted by Crippen LogP contribution is -2.69. The predicted molar refractivity (Wildman–Crippen MR) is 81.3 cm³/mol. The van der Waals surface area contributed by atoms with Crippen LogP contribution in [0.25, 0.3) is 0 Å². The summed E-state index contributed by atoms with van der Waals surface area (Å²) in [6.07, 6.45) is 4.08. The first-order valence-electron chi connectivity index (χ1n) is 8.11. The maximum atomic E-state index is 11.6. The van der Waals surface area contributed by atoms with Crippen LogP contribution in [0, 0.1) is 11.8 Å². The van der Waals surface area contributed by atoms with Crippen LogP contribution in [0.4, 0.5) is 0 Å². The third-order valence-electron chi connectivity index (χ3n) is 6.70. The third-order valence-corrected chi connectivity index (χ3v) is 6.70. The molecule has 3 nitrogen and oxygen atoms in total. The maximum Gasteiger partial charge on any atom is 0.308 e. The van der Waals surface area contributed by atoms with Crippen molar-refractivity contribution >= 4 is 5.97 Å². The third kappa shape index (κ3) is 1.56. The highest BCUT2D eigenvalue weighted by molar-refractivity contribution is 5.72. The number of benzene rings is 1. The summed E-state index contributed by atoms with van der Waals surface area (Å²) in [6, 6.07) is 9.58. The van der Waals surface area contributed by atoms with Crippen molar-refractivity contribution in [1.29, 1.82) is 0 Å². The van der Waals surface area contributed by atoms with Crippen LogP contribution in [0.2, 0.25) is 0 Å². The van der Waals surface area contributed by atoms with Gasteiger partial charge in [-0.15, -0.1) is 0 Å². The number of fused-ring (bicyclic) bond motifs is 2. The van der Waals surface area contributed by atoms with Gasteiger partial charge in [0.25, 0.3) is 0 Å². The molecule has 21 heavy (non-hydrogen) atoms. The van der Waals surface area contributed by atoms with E-state index in [1.807, 2.05) is 0 Å². The molecule has 0 radical (unpaired) electrons. The number of hydrogen-bond acceptors (Lipinski definition) is 2. The molecule has 1 N–H and O–H groups in total. The number of hydrogen-bond donors (Lipinski definition) is 1. The Morgan fingerprint density at radius 1 is 1.38 bits per heavy atom. The molecule has 2 heterocycles. The average Bonchev–Trinajstić information content (AvgIpc) is 2.50. The number of carboxylic acid groups (broad SMARTS) is 1. The summed E-state index contributed by atoms with van der Waals surface area (Å²) in [6.45, 7) is 2.29.